The van der Waals surface area contributed by atoms with Gasteiger partial charge in [0, 0.05) is 24.5 Å². The van der Waals surface area contributed by atoms with Crippen molar-refractivity contribution in [2.45, 2.75) is 32.2 Å². The van der Waals surface area contributed by atoms with Crippen molar-refractivity contribution in [2.75, 3.05) is 23.8 Å². The Morgan fingerprint density at radius 1 is 1.21 bits per heavy atom. The van der Waals surface area contributed by atoms with Crippen molar-refractivity contribution in [1.82, 2.24) is 9.97 Å². The lowest BCUT2D eigenvalue weighted by atomic mass is 10.0. The maximum atomic E-state index is 4.70. The quantitative estimate of drug-likeness (QED) is 0.896. The molecule has 100 valence electrons. The lowest BCUT2D eigenvalue weighted by molar-refractivity contribution is 0.515. The minimum atomic E-state index is 0.169. The molecule has 1 aromatic heterocycles. The molecule has 1 aliphatic heterocycles. The first-order chi connectivity index (χ1) is 9.12. The summed E-state index contributed by atoms with van der Waals surface area (Å²) < 4.78 is 0. The number of hydrogen-bond donors (Lipinski definition) is 1. The predicted molar refractivity (Wildman–Crippen MR) is 79.7 cm³/mol. The van der Waals surface area contributed by atoms with Crippen LogP contribution in [-0.2, 0) is 0 Å². The molecule has 0 bridgehead atoms. The summed E-state index contributed by atoms with van der Waals surface area (Å²) in [6.45, 7) is 5.64. The van der Waals surface area contributed by atoms with Crippen LogP contribution in [0.25, 0.3) is 10.9 Å². The molecule has 0 spiro atoms. The lowest BCUT2D eigenvalue weighted by Crippen LogP contribution is -2.39. The van der Waals surface area contributed by atoms with E-state index in [1.807, 2.05) is 19.2 Å². The van der Waals surface area contributed by atoms with Gasteiger partial charge in [0.05, 0.1) is 5.52 Å². The highest BCUT2D eigenvalue weighted by Gasteiger charge is 2.34. The van der Waals surface area contributed by atoms with Gasteiger partial charge in [-0.1, -0.05) is 12.1 Å². The summed E-state index contributed by atoms with van der Waals surface area (Å²) >= 11 is 0. The highest BCUT2D eigenvalue weighted by atomic mass is 15.3. The second-order valence-corrected chi connectivity index (χ2v) is 5.71. The van der Waals surface area contributed by atoms with Crippen molar-refractivity contribution in [1.29, 1.82) is 0 Å². The van der Waals surface area contributed by atoms with Crippen LogP contribution in [0.4, 0.5) is 11.8 Å². The van der Waals surface area contributed by atoms with Crippen molar-refractivity contribution in [3.63, 3.8) is 0 Å². The van der Waals surface area contributed by atoms with Crippen LogP contribution in [0.15, 0.2) is 24.3 Å². The summed E-state index contributed by atoms with van der Waals surface area (Å²) in [4.78, 5) is 11.6. The fourth-order valence-corrected chi connectivity index (χ4v) is 2.88. The van der Waals surface area contributed by atoms with E-state index in [2.05, 4.69) is 41.2 Å². The van der Waals surface area contributed by atoms with E-state index in [9.17, 15) is 0 Å². The van der Waals surface area contributed by atoms with Crippen molar-refractivity contribution < 1.29 is 0 Å². The standard InChI is InChI=1S/C15H20N4/c1-15(2)9-6-10-19(15)13-11-7-4-5-8-12(11)17-14(16-3)18-13/h4-5,7-8H,6,9-10H2,1-3H3,(H,16,17,18). The maximum Gasteiger partial charge on any atom is 0.224 e. The Kier molecular flexibility index (Phi) is 2.81. The Morgan fingerprint density at radius 2 is 2.00 bits per heavy atom. The van der Waals surface area contributed by atoms with Gasteiger partial charge in [-0.3, -0.25) is 0 Å². The first-order valence-corrected chi connectivity index (χ1v) is 6.84. The summed E-state index contributed by atoms with van der Waals surface area (Å²) in [5.41, 5.74) is 1.17. The van der Waals surface area contributed by atoms with E-state index in [1.54, 1.807) is 0 Å². The summed E-state index contributed by atoms with van der Waals surface area (Å²) in [5.74, 6) is 1.74. The smallest absolute Gasteiger partial charge is 0.224 e. The SMILES string of the molecule is CNc1nc(N2CCCC2(C)C)c2ccccc2n1. The Balaban J connectivity index is 2.21. The van der Waals surface area contributed by atoms with E-state index in [0.717, 1.165) is 23.3 Å². The van der Waals surface area contributed by atoms with Gasteiger partial charge in [-0.15, -0.1) is 0 Å². The van der Waals surface area contributed by atoms with Crippen LogP contribution < -0.4 is 10.2 Å². The molecule has 0 radical (unpaired) electrons. The molecule has 0 saturated carbocycles. The third kappa shape index (κ3) is 2.01. The van der Waals surface area contributed by atoms with Gasteiger partial charge in [0.15, 0.2) is 0 Å². The first kappa shape index (κ1) is 12.2. The number of aromatic nitrogens is 2. The van der Waals surface area contributed by atoms with Gasteiger partial charge in [-0.2, -0.15) is 4.98 Å². The zero-order chi connectivity index (χ0) is 13.5. The van der Waals surface area contributed by atoms with Gasteiger partial charge < -0.3 is 10.2 Å². The topological polar surface area (TPSA) is 41.1 Å². The second-order valence-electron chi connectivity index (χ2n) is 5.71. The minimum absolute atomic E-state index is 0.169. The number of anilines is 2. The molecule has 19 heavy (non-hydrogen) atoms. The van der Waals surface area contributed by atoms with E-state index in [4.69, 9.17) is 4.98 Å². The van der Waals surface area contributed by atoms with Crippen LogP contribution in [0, 0.1) is 0 Å². The zero-order valence-corrected chi connectivity index (χ0v) is 11.8. The molecule has 0 atom stereocenters. The Hall–Kier alpha value is -1.84. The van der Waals surface area contributed by atoms with Crippen molar-refractivity contribution in [3.05, 3.63) is 24.3 Å². The van der Waals surface area contributed by atoms with E-state index in [-0.39, 0.29) is 5.54 Å². The Morgan fingerprint density at radius 3 is 2.68 bits per heavy atom. The number of nitrogens with zero attached hydrogens (tertiary/aromatic N) is 3. The molecule has 2 heterocycles. The zero-order valence-electron chi connectivity index (χ0n) is 11.8. The molecule has 1 aromatic carbocycles. The highest BCUT2D eigenvalue weighted by molar-refractivity contribution is 5.90. The number of para-hydroxylation sites is 1. The van der Waals surface area contributed by atoms with Gasteiger partial charge in [0.1, 0.15) is 5.82 Å². The molecular weight excluding hydrogens is 236 g/mol. The largest absolute Gasteiger partial charge is 0.357 e. The Bertz CT molecular complexity index is 606. The van der Waals surface area contributed by atoms with Gasteiger partial charge in [-0.05, 0) is 38.8 Å². The van der Waals surface area contributed by atoms with Gasteiger partial charge in [0.2, 0.25) is 5.95 Å². The molecule has 3 rings (SSSR count). The summed E-state index contributed by atoms with van der Waals surface area (Å²) in [7, 11) is 1.86. The van der Waals surface area contributed by atoms with Crippen molar-refractivity contribution in [2.24, 2.45) is 0 Å². The Labute approximate surface area is 113 Å². The molecule has 4 nitrogen and oxygen atoms in total. The number of rotatable bonds is 2. The molecular formula is C15H20N4. The predicted octanol–water partition coefficient (Wildman–Crippen LogP) is 3.05. The maximum absolute atomic E-state index is 4.70. The van der Waals surface area contributed by atoms with E-state index < -0.39 is 0 Å². The normalized spacial score (nSPS) is 17.9. The van der Waals surface area contributed by atoms with Crippen LogP contribution in [0.5, 0.6) is 0 Å². The van der Waals surface area contributed by atoms with Crippen molar-refractivity contribution in [3.8, 4) is 0 Å². The number of nitrogens with one attached hydrogen (secondary N) is 1. The first-order valence-electron chi connectivity index (χ1n) is 6.84. The van der Waals surface area contributed by atoms with Crippen LogP contribution in [0.2, 0.25) is 0 Å². The third-order valence-corrected chi connectivity index (χ3v) is 3.96. The van der Waals surface area contributed by atoms with E-state index in [1.165, 1.54) is 12.8 Å². The highest BCUT2D eigenvalue weighted by Crippen LogP contribution is 2.36. The molecule has 1 aliphatic rings. The summed E-state index contributed by atoms with van der Waals surface area (Å²) in [6.07, 6.45) is 2.43. The van der Waals surface area contributed by atoms with Gasteiger partial charge >= 0.3 is 0 Å². The molecule has 0 unspecified atom stereocenters. The summed E-state index contributed by atoms with van der Waals surface area (Å²) in [6, 6.07) is 8.23. The molecule has 0 amide bonds. The minimum Gasteiger partial charge on any atom is -0.357 e. The van der Waals surface area contributed by atoms with Crippen LogP contribution >= 0.6 is 0 Å². The average Bonchev–Trinajstić information content (AvgIpc) is 2.77. The van der Waals surface area contributed by atoms with E-state index in [0.29, 0.717) is 5.95 Å². The van der Waals surface area contributed by atoms with Gasteiger partial charge in [0.25, 0.3) is 0 Å². The second kappa shape index (κ2) is 4.37. The molecule has 4 heteroatoms. The number of hydrogen-bond acceptors (Lipinski definition) is 4. The molecule has 0 aliphatic carbocycles. The van der Waals surface area contributed by atoms with Crippen LogP contribution in [0.1, 0.15) is 26.7 Å². The average molecular weight is 256 g/mol. The van der Waals surface area contributed by atoms with E-state index >= 15 is 0 Å². The van der Waals surface area contributed by atoms with Gasteiger partial charge in [-0.25, -0.2) is 4.98 Å². The van der Waals surface area contributed by atoms with Crippen LogP contribution in [0.3, 0.4) is 0 Å². The molecule has 1 fully saturated rings. The fourth-order valence-electron chi connectivity index (χ4n) is 2.88. The van der Waals surface area contributed by atoms with Crippen LogP contribution in [-0.4, -0.2) is 29.1 Å². The fraction of sp³-hybridized carbons (Fsp3) is 0.467. The lowest BCUT2D eigenvalue weighted by Gasteiger charge is -2.33. The monoisotopic (exact) mass is 256 g/mol. The molecule has 2 aromatic rings. The number of fused-ring (bicyclic) bond motifs is 1. The van der Waals surface area contributed by atoms with Crippen molar-refractivity contribution >= 4 is 22.7 Å². The third-order valence-electron chi connectivity index (χ3n) is 3.96. The molecule has 1 saturated heterocycles. The molecule has 1 N–H and O–H groups in total. The number of benzene rings is 1. The summed E-state index contributed by atoms with van der Waals surface area (Å²) in [5, 5.41) is 4.20.